The molecule has 3 N–H and O–H groups in total. The lowest BCUT2D eigenvalue weighted by atomic mass is 10.1. The van der Waals surface area contributed by atoms with Crippen molar-refractivity contribution in [3.05, 3.63) is 35.9 Å². The van der Waals surface area contributed by atoms with Gasteiger partial charge in [-0.3, -0.25) is 14.9 Å². The second-order valence-corrected chi connectivity index (χ2v) is 5.75. The van der Waals surface area contributed by atoms with E-state index in [2.05, 4.69) is 16.0 Å². The van der Waals surface area contributed by atoms with E-state index < -0.39 is 12.1 Å². The van der Waals surface area contributed by atoms with Crippen molar-refractivity contribution in [3.8, 4) is 0 Å². The standard InChI is InChI=1S/C16H22N4O3/c1-20(2)13(11-6-4-3-5-7-11)10-17-14(21)9-8-12-15(22)19-16(23)18-12/h3-7,12-13H,8-10H2,1-2H3,(H,17,21)(H2,18,19,22,23)/t12-,13-/m1/s1. The van der Waals surface area contributed by atoms with E-state index in [9.17, 15) is 14.4 Å². The van der Waals surface area contributed by atoms with Crippen LogP contribution >= 0.6 is 0 Å². The van der Waals surface area contributed by atoms with Crippen molar-refractivity contribution < 1.29 is 14.4 Å². The van der Waals surface area contributed by atoms with Crippen molar-refractivity contribution in [2.75, 3.05) is 20.6 Å². The molecule has 2 rings (SSSR count). The first-order chi connectivity index (χ1) is 11.0. The number of carbonyl (C=O) groups excluding carboxylic acids is 3. The van der Waals surface area contributed by atoms with Gasteiger partial charge in [0.15, 0.2) is 0 Å². The van der Waals surface area contributed by atoms with Gasteiger partial charge in [0, 0.05) is 13.0 Å². The number of nitrogens with zero attached hydrogens (tertiary/aromatic N) is 1. The quantitative estimate of drug-likeness (QED) is 0.635. The Morgan fingerprint density at radius 2 is 1.96 bits per heavy atom. The van der Waals surface area contributed by atoms with Crippen LogP contribution in [0.5, 0.6) is 0 Å². The molecule has 1 aromatic carbocycles. The first kappa shape index (κ1) is 17.0. The van der Waals surface area contributed by atoms with Crippen molar-refractivity contribution in [3.63, 3.8) is 0 Å². The van der Waals surface area contributed by atoms with Crippen LogP contribution in [0.1, 0.15) is 24.4 Å². The zero-order valence-corrected chi connectivity index (χ0v) is 13.3. The Morgan fingerprint density at radius 1 is 1.26 bits per heavy atom. The van der Waals surface area contributed by atoms with E-state index in [0.717, 1.165) is 5.56 Å². The monoisotopic (exact) mass is 318 g/mol. The fourth-order valence-electron chi connectivity index (χ4n) is 2.51. The Kier molecular flexibility index (Phi) is 5.70. The molecule has 1 aliphatic heterocycles. The van der Waals surface area contributed by atoms with Gasteiger partial charge in [0.25, 0.3) is 5.91 Å². The zero-order chi connectivity index (χ0) is 16.8. The van der Waals surface area contributed by atoms with Gasteiger partial charge in [-0.2, -0.15) is 0 Å². The van der Waals surface area contributed by atoms with Crippen LogP contribution in [0.15, 0.2) is 30.3 Å². The summed E-state index contributed by atoms with van der Waals surface area (Å²) in [4.78, 5) is 36.4. The summed E-state index contributed by atoms with van der Waals surface area (Å²) in [5.74, 6) is -0.514. The second-order valence-electron chi connectivity index (χ2n) is 5.75. The highest BCUT2D eigenvalue weighted by molar-refractivity contribution is 6.04. The van der Waals surface area contributed by atoms with Crippen LogP contribution in [0.3, 0.4) is 0 Å². The SMILES string of the molecule is CN(C)[C@H](CNC(=O)CC[C@H]1NC(=O)NC1=O)c1ccccc1. The molecule has 0 aromatic heterocycles. The Balaban J connectivity index is 1.80. The molecular weight excluding hydrogens is 296 g/mol. The molecule has 2 atom stereocenters. The minimum atomic E-state index is -0.619. The van der Waals surface area contributed by atoms with Crippen molar-refractivity contribution in [2.24, 2.45) is 0 Å². The maximum Gasteiger partial charge on any atom is 0.322 e. The highest BCUT2D eigenvalue weighted by Crippen LogP contribution is 2.16. The summed E-state index contributed by atoms with van der Waals surface area (Å²) in [6.07, 6.45) is 0.481. The van der Waals surface area contributed by atoms with Crippen LogP contribution in [0, 0.1) is 0 Å². The fraction of sp³-hybridized carbons (Fsp3) is 0.438. The third-order valence-corrected chi connectivity index (χ3v) is 3.82. The number of amides is 4. The van der Waals surface area contributed by atoms with Gasteiger partial charge >= 0.3 is 6.03 Å². The lowest BCUT2D eigenvalue weighted by Gasteiger charge is -2.25. The molecule has 7 nitrogen and oxygen atoms in total. The summed E-state index contributed by atoms with van der Waals surface area (Å²) >= 11 is 0. The van der Waals surface area contributed by atoms with Crippen LogP contribution in [-0.4, -0.2) is 49.4 Å². The van der Waals surface area contributed by atoms with Crippen molar-refractivity contribution in [1.29, 1.82) is 0 Å². The first-order valence-electron chi connectivity index (χ1n) is 7.57. The summed E-state index contributed by atoms with van der Waals surface area (Å²) in [6, 6.07) is 8.89. The predicted molar refractivity (Wildman–Crippen MR) is 85.6 cm³/mol. The molecule has 0 radical (unpaired) electrons. The van der Waals surface area contributed by atoms with Gasteiger partial charge in [0.05, 0.1) is 6.04 Å². The average Bonchev–Trinajstić information content (AvgIpc) is 2.84. The fourth-order valence-corrected chi connectivity index (χ4v) is 2.51. The lowest BCUT2D eigenvalue weighted by molar-refractivity contribution is -0.122. The number of hydrogen-bond donors (Lipinski definition) is 3. The van der Waals surface area contributed by atoms with Gasteiger partial charge in [0.2, 0.25) is 5.91 Å². The number of rotatable bonds is 7. The minimum absolute atomic E-state index is 0.0784. The largest absolute Gasteiger partial charge is 0.354 e. The van der Waals surface area contributed by atoms with E-state index in [1.807, 2.05) is 49.3 Å². The number of likely N-dealkylation sites (N-methyl/N-ethyl adjacent to an activating group) is 1. The first-order valence-corrected chi connectivity index (χ1v) is 7.57. The van der Waals surface area contributed by atoms with Crippen LogP contribution < -0.4 is 16.0 Å². The number of nitrogens with one attached hydrogen (secondary N) is 3. The molecule has 0 spiro atoms. The van der Waals surface area contributed by atoms with Crippen LogP contribution in [0.4, 0.5) is 4.79 Å². The summed E-state index contributed by atoms with van der Waals surface area (Å²) < 4.78 is 0. The minimum Gasteiger partial charge on any atom is -0.354 e. The molecule has 0 aliphatic carbocycles. The van der Waals surface area contributed by atoms with E-state index in [4.69, 9.17) is 0 Å². The van der Waals surface area contributed by atoms with E-state index >= 15 is 0 Å². The zero-order valence-electron chi connectivity index (χ0n) is 13.3. The average molecular weight is 318 g/mol. The molecule has 1 fully saturated rings. The van der Waals surface area contributed by atoms with Crippen LogP contribution in [-0.2, 0) is 9.59 Å². The van der Waals surface area contributed by atoms with Gasteiger partial charge in [0.1, 0.15) is 6.04 Å². The van der Waals surface area contributed by atoms with Gasteiger partial charge in [-0.1, -0.05) is 30.3 Å². The van der Waals surface area contributed by atoms with Gasteiger partial charge in [-0.15, -0.1) is 0 Å². The van der Waals surface area contributed by atoms with Gasteiger partial charge in [-0.25, -0.2) is 4.79 Å². The van der Waals surface area contributed by atoms with Crippen molar-refractivity contribution in [1.82, 2.24) is 20.9 Å². The van der Waals surface area contributed by atoms with E-state index in [1.165, 1.54) is 0 Å². The molecule has 1 aromatic rings. The smallest absolute Gasteiger partial charge is 0.322 e. The predicted octanol–water partition coefficient (Wildman–Crippen LogP) is 0.394. The highest BCUT2D eigenvalue weighted by Gasteiger charge is 2.29. The third-order valence-electron chi connectivity index (χ3n) is 3.82. The number of hydrogen-bond acceptors (Lipinski definition) is 4. The molecule has 1 heterocycles. The maximum absolute atomic E-state index is 12.0. The second kappa shape index (κ2) is 7.73. The number of benzene rings is 1. The highest BCUT2D eigenvalue weighted by atomic mass is 16.2. The van der Waals surface area contributed by atoms with Crippen LogP contribution in [0.2, 0.25) is 0 Å². The molecule has 0 saturated carbocycles. The normalized spacial score (nSPS) is 18.5. The van der Waals surface area contributed by atoms with Crippen molar-refractivity contribution >= 4 is 17.8 Å². The summed E-state index contributed by atoms with van der Waals surface area (Å²) in [5, 5.41) is 7.52. The van der Waals surface area contributed by atoms with E-state index in [0.29, 0.717) is 13.0 Å². The Labute approximate surface area is 135 Å². The molecule has 4 amide bonds. The maximum atomic E-state index is 12.0. The summed E-state index contributed by atoms with van der Waals surface area (Å²) in [6.45, 7) is 0.485. The Bertz CT molecular complexity index is 574. The molecule has 124 valence electrons. The molecule has 1 saturated heterocycles. The molecule has 0 bridgehead atoms. The molecule has 1 aliphatic rings. The summed E-state index contributed by atoms with van der Waals surface area (Å²) in [7, 11) is 3.92. The van der Waals surface area contributed by atoms with E-state index in [-0.39, 0.29) is 24.3 Å². The van der Waals surface area contributed by atoms with Crippen molar-refractivity contribution in [2.45, 2.75) is 24.9 Å². The van der Waals surface area contributed by atoms with E-state index in [1.54, 1.807) is 0 Å². The van der Waals surface area contributed by atoms with Gasteiger partial charge < -0.3 is 15.5 Å². The molecular formula is C16H22N4O3. The topological polar surface area (TPSA) is 90.5 Å². The number of imide groups is 1. The number of urea groups is 1. The van der Waals surface area contributed by atoms with Gasteiger partial charge in [-0.05, 0) is 26.1 Å². The molecule has 23 heavy (non-hydrogen) atoms. The van der Waals surface area contributed by atoms with Crippen LogP contribution in [0.25, 0.3) is 0 Å². The lowest BCUT2D eigenvalue weighted by Crippen LogP contribution is -2.36. The Morgan fingerprint density at radius 3 is 2.52 bits per heavy atom. The third kappa shape index (κ3) is 4.79. The summed E-state index contributed by atoms with van der Waals surface area (Å²) in [5.41, 5.74) is 1.13. The molecule has 0 unspecified atom stereocenters. The molecule has 7 heteroatoms. The number of carbonyl (C=O) groups is 3. The Hall–Kier alpha value is -2.41.